The maximum atomic E-state index is 12.5. The molecule has 1 saturated carbocycles. The van der Waals surface area contributed by atoms with Crippen LogP contribution in [0.3, 0.4) is 0 Å². The molecule has 3 heterocycles. The van der Waals surface area contributed by atoms with E-state index in [9.17, 15) is 9.59 Å². The lowest BCUT2D eigenvalue weighted by Gasteiger charge is -2.22. The van der Waals surface area contributed by atoms with Gasteiger partial charge in [0.2, 0.25) is 5.91 Å². The molecule has 2 aromatic heterocycles. The fraction of sp³-hybridized carbons (Fsp3) is 0.407. The number of primary amides is 1. The van der Waals surface area contributed by atoms with Gasteiger partial charge in [-0.25, -0.2) is 9.67 Å². The summed E-state index contributed by atoms with van der Waals surface area (Å²) in [4.78, 5) is 31.4. The molecule has 0 radical (unpaired) electrons. The van der Waals surface area contributed by atoms with Crippen LogP contribution in [0.4, 0.5) is 5.82 Å². The van der Waals surface area contributed by atoms with Crippen molar-refractivity contribution in [3.8, 4) is 11.8 Å². The van der Waals surface area contributed by atoms with Crippen LogP contribution >= 0.6 is 0 Å². The van der Waals surface area contributed by atoms with E-state index in [0.29, 0.717) is 31.3 Å². The van der Waals surface area contributed by atoms with Crippen LogP contribution in [0, 0.1) is 11.8 Å². The maximum Gasteiger partial charge on any atom is 0.255 e. The first-order valence-corrected chi connectivity index (χ1v) is 12.4. The number of imidazole rings is 1. The fourth-order valence-corrected chi connectivity index (χ4v) is 5.20. The monoisotopic (exact) mass is 501 g/mol. The van der Waals surface area contributed by atoms with Gasteiger partial charge in [-0.05, 0) is 49.5 Å². The number of amides is 2. The standard InChI is InChI=1S/C27H31N7O3/c1-5-23(35)33-14-18(13-19(33)15-37-4)34-27(29-2)24(25(28)36)20(31-34)10-6-16-7-11-22-21(12-16)30-26(32(22)3)17-8-9-17/h5,7,11-12,17-19,29H,1,8-9,13-15H2,2-4H3,(H2,28,36)/t18-,19+/m0/s1. The molecule has 1 aliphatic heterocycles. The van der Waals surface area contributed by atoms with Gasteiger partial charge in [0.25, 0.3) is 5.91 Å². The zero-order valence-corrected chi connectivity index (χ0v) is 21.3. The fourth-order valence-electron chi connectivity index (χ4n) is 5.20. The Morgan fingerprint density at radius 2 is 2.11 bits per heavy atom. The number of carbonyl (C=O) groups excluding carboxylic acids is 2. The first-order chi connectivity index (χ1) is 17.9. The molecule has 5 rings (SSSR count). The predicted molar refractivity (Wildman–Crippen MR) is 140 cm³/mol. The number of hydrogen-bond acceptors (Lipinski definition) is 6. The second-order valence-corrected chi connectivity index (χ2v) is 9.58. The topological polar surface area (TPSA) is 120 Å². The second-order valence-electron chi connectivity index (χ2n) is 9.58. The number of methoxy groups -OCH3 is 1. The van der Waals surface area contributed by atoms with Crippen molar-refractivity contribution in [2.45, 2.75) is 37.3 Å². The van der Waals surface area contributed by atoms with Crippen LogP contribution < -0.4 is 11.1 Å². The molecular weight excluding hydrogens is 470 g/mol. The van der Waals surface area contributed by atoms with E-state index >= 15 is 0 Å². The summed E-state index contributed by atoms with van der Waals surface area (Å²) in [6.07, 6.45) is 4.27. The number of ether oxygens (including phenoxy) is 1. The highest BCUT2D eigenvalue weighted by Crippen LogP contribution is 2.40. The molecule has 1 aliphatic carbocycles. The Kier molecular flexibility index (Phi) is 6.48. The van der Waals surface area contributed by atoms with E-state index in [0.717, 1.165) is 22.4 Å². The Balaban J connectivity index is 1.50. The number of nitrogens with two attached hydrogens (primary N) is 1. The number of aromatic nitrogens is 4. The van der Waals surface area contributed by atoms with Crippen molar-refractivity contribution in [3.63, 3.8) is 0 Å². The Labute approximate surface area is 215 Å². The third kappa shape index (κ3) is 4.47. The Morgan fingerprint density at radius 1 is 1.32 bits per heavy atom. The number of carbonyl (C=O) groups is 2. The molecule has 2 atom stereocenters. The first kappa shape index (κ1) is 24.6. The van der Waals surface area contributed by atoms with Crippen LogP contribution in [0.1, 0.15) is 58.7 Å². The molecule has 192 valence electrons. The van der Waals surface area contributed by atoms with E-state index in [-0.39, 0.29) is 29.2 Å². The summed E-state index contributed by atoms with van der Waals surface area (Å²) in [5, 5.41) is 7.74. The highest BCUT2D eigenvalue weighted by molar-refractivity contribution is 6.00. The van der Waals surface area contributed by atoms with Crippen LogP contribution in [0.2, 0.25) is 0 Å². The van der Waals surface area contributed by atoms with Crippen LogP contribution in [0.25, 0.3) is 11.0 Å². The van der Waals surface area contributed by atoms with E-state index in [1.165, 1.54) is 18.9 Å². The number of nitrogens with zero attached hydrogens (tertiary/aromatic N) is 5. The highest BCUT2D eigenvalue weighted by Gasteiger charge is 2.38. The summed E-state index contributed by atoms with van der Waals surface area (Å²) in [6.45, 7) is 4.40. The predicted octanol–water partition coefficient (Wildman–Crippen LogP) is 2.16. The Bertz CT molecular complexity index is 1450. The zero-order valence-electron chi connectivity index (χ0n) is 21.3. The van der Waals surface area contributed by atoms with E-state index < -0.39 is 5.91 Å². The van der Waals surface area contributed by atoms with Gasteiger partial charge in [0, 0.05) is 39.2 Å². The summed E-state index contributed by atoms with van der Waals surface area (Å²) in [6, 6.07) is 5.60. The summed E-state index contributed by atoms with van der Waals surface area (Å²) >= 11 is 0. The van der Waals surface area contributed by atoms with Gasteiger partial charge in [0.1, 0.15) is 17.2 Å². The van der Waals surface area contributed by atoms with Crippen LogP contribution in [-0.2, 0) is 16.6 Å². The molecule has 3 N–H and O–H groups in total. The first-order valence-electron chi connectivity index (χ1n) is 12.4. The number of aryl methyl sites for hydroxylation is 1. The van der Waals surface area contributed by atoms with Crippen molar-refractivity contribution >= 4 is 28.7 Å². The number of hydrogen-bond donors (Lipinski definition) is 2. The molecule has 37 heavy (non-hydrogen) atoms. The van der Waals surface area contributed by atoms with Gasteiger partial charge in [-0.15, -0.1) is 0 Å². The number of anilines is 1. The van der Waals surface area contributed by atoms with Gasteiger partial charge >= 0.3 is 0 Å². The van der Waals surface area contributed by atoms with Crippen molar-refractivity contribution < 1.29 is 14.3 Å². The quantitative estimate of drug-likeness (QED) is 0.378. The minimum Gasteiger partial charge on any atom is -0.383 e. The molecule has 0 unspecified atom stereocenters. The SMILES string of the molecule is C=CC(=O)N1C[C@@H](n2nc(C#Cc3ccc4c(c3)nc(C3CC3)n4C)c(C(N)=O)c2NC)C[C@@H]1COC. The summed E-state index contributed by atoms with van der Waals surface area (Å²) < 4.78 is 9.19. The van der Waals surface area contributed by atoms with Crippen LogP contribution in [0.5, 0.6) is 0 Å². The molecule has 0 bridgehead atoms. The van der Waals surface area contributed by atoms with Crippen molar-refractivity contribution in [2.75, 3.05) is 32.6 Å². The van der Waals surface area contributed by atoms with Gasteiger partial charge in [-0.1, -0.05) is 12.5 Å². The molecule has 1 aromatic carbocycles. The van der Waals surface area contributed by atoms with Crippen LogP contribution in [-0.4, -0.2) is 69.4 Å². The lowest BCUT2D eigenvalue weighted by Crippen LogP contribution is -2.37. The smallest absolute Gasteiger partial charge is 0.255 e. The lowest BCUT2D eigenvalue weighted by molar-refractivity contribution is -0.127. The number of nitrogens with one attached hydrogen (secondary N) is 1. The molecule has 3 aromatic rings. The molecule has 10 heteroatoms. The summed E-state index contributed by atoms with van der Waals surface area (Å²) in [5.41, 5.74) is 9.01. The molecule has 2 amide bonds. The maximum absolute atomic E-state index is 12.5. The number of rotatable bonds is 7. The van der Waals surface area contributed by atoms with Gasteiger partial charge in [-0.2, -0.15) is 5.10 Å². The normalized spacial score (nSPS) is 19.1. The third-order valence-corrected chi connectivity index (χ3v) is 7.13. The second kappa shape index (κ2) is 9.75. The zero-order chi connectivity index (χ0) is 26.3. The summed E-state index contributed by atoms with van der Waals surface area (Å²) in [5.74, 6) is 7.52. The molecule has 1 saturated heterocycles. The van der Waals surface area contributed by atoms with Gasteiger partial charge in [-0.3, -0.25) is 9.59 Å². The average Bonchev–Trinajstić information content (AvgIpc) is 3.41. The minimum atomic E-state index is -0.625. The number of benzene rings is 1. The minimum absolute atomic E-state index is 0.133. The molecule has 2 fully saturated rings. The van der Waals surface area contributed by atoms with E-state index in [4.69, 9.17) is 15.5 Å². The van der Waals surface area contributed by atoms with E-state index in [2.05, 4.69) is 33.4 Å². The van der Waals surface area contributed by atoms with Gasteiger partial charge in [0.15, 0.2) is 5.69 Å². The van der Waals surface area contributed by atoms with Gasteiger partial charge in [0.05, 0.1) is 29.7 Å². The average molecular weight is 502 g/mol. The largest absolute Gasteiger partial charge is 0.383 e. The van der Waals surface area contributed by atoms with Crippen molar-refractivity contribution in [1.82, 2.24) is 24.2 Å². The lowest BCUT2D eigenvalue weighted by atomic mass is 10.1. The molecule has 10 nitrogen and oxygen atoms in total. The highest BCUT2D eigenvalue weighted by atomic mass is 16.5. The molecular formula is C27H31N7O3. The van der Waals surface area contributed by atoms with Crippen molar-refractivity contribution in [1.29, 1.82) is 0 Å². The van der Waals surface area contributed by atoms with Crippen molar-refractivity contribution in [3.05, 3.63) is 53.5 Å². The van der Waals surface area contributed by atoms with E-state index in [1.54, 1.807) is 23.7 Å². The van der Waals surface area contributed by atoms with Gasteiger partial charge < -0.3 is 25.3 Å². The van der Waals surface area contributed by atoms with Crippen LogP contribution in [0.15, 0.2) is 30.9 Å². The number of likely N-dealkylation sites (tertiary alicyclic amines) is 1. The van der Waals surface area contributed by atoms with Crippen molar-refractivity contribution in [2.24, 2.45) is 12.8 Å². The molecule has 0 spiro atoms. The summed E-state index contributed by atoms with van der Waals surface area (Å²) in [7, 11) is 5.35. The number of fused-ring (bicyclic) bond motifs is 1. The molecule has 2 aliphatic rings. The van der Waals surface area contributed by atoms with E-state index in [1.807, 2.05) is 25.2 Å². The Hall–Kier alpha value is -4.10. The Morgan fingerprint density at radius 3 is 2.76 bits per heavy atom. The third-order valence-electron chi connectivity index (χ3n) is 7.13.